The lowest BCUT2D eigenvalue weighted by Gasteiger charge is -2.41. The van der Waals surface area contributed by atoms with E-state index >= 15 is 0 Å². The van der Waals surface area contributed by atoms with Crippen LogP contribution in [-0.4, -0.2) is 50.0 Å². The van der Waals surface area contributed by atoms with Gasteiger partial charge in [-0.25, -0.2) is 0 Å². The van der Waals surface area contributed by atoms with Gasteiger partial charge in [0, 0.05) is 45.1 Å². The second kappa shape index (κ2) is 8.15. The van der Waals surface area contributed by atoms with Gasteiger partial charge in [-0.05, 0) is 42.7 Å². The lowest BCUT2D eigenvalue weighted by molar-refractivity contribution is -0.119. The van der Waals surface area contributed by atoms with Gasteiger partial charge in [-0.2, -0.15) is 0 Å². The van der Waals surface area contributed by atoms with Crippen LogP contribution in [0.25, 0.3) is 0 Å². The number of piperidine rings is 1. The molecule has 1 spiro atoms. The molecule has 2 aliphatic heterocycles. The molecule has 142 valence electrons. The van der Waals surface area contributed by atoms with Gasteiger partial charge in [-0.3, -0.25) is 9.79 Å². The lowest BCUT2D eigenvalue weighted by Crippen LogP contribution is -2.52. The maximum atomic E-state index is 11.7. The lowest BCUT2D eigenvalue weighted by atomic mass is 9.79. The van der Waals surface area contributed by atoms with Gasteiger partial charge in [0.15, 0.2) is 5.96 Å². The fourth-order valence-electron chi connectivity index (χ4n) is 4.79. The second-order valence-corrected chi connectivity index (χ2v) is 7.95. The summed E-state index contributed by atoms with van der Waals surface area (Å²) in [5.74, 6) is 1.84. The number of guanidine groups is 1. The van der Waals surface area contributed by atoms with Crippen LogP contribution in [0.2, 0.25) is 0 Å². The summed E-state index contributed by atoms with van der Waals surface area (Å²) in [6, 6.07) is 8.78. The quantitative estimate of drug-likeness (QED) is 0.398. The van der Waals surface area contributed by atoms with E-state index in [1.165, 1.54) is 11.1 Å². The van der Waals surface area contributed by atoms with E-state index in [2.05, 4.69) is 44.8 Å². The van der Waals surface area contributed by atoms with Gasteiger partial charge < -0.3 is 15.5 Å². The second-order valence-electron chi connectivity index (χ2n) is 7.95. The molecule has 26 heavy (non-hydrogen) atoms. The van der Waals surface area contributed by atoms with Crippen LogP contribution < -0.4 is 10.6 Å². The topological polar surface area (TPSA) is 56.7 Å². The minimum Gasteiger partial charge on any atom is -0.356 e. The third kappa shape index (κ3) is 4.00. The monoisotopic (exact) mass is 468 g/mol. The largest absolute Gasteiger partial charge is 0.356 e. The number of hydrogen-bond acceptors (Lipinski definition) is 2. The van der Waals surface area contributed by atoms with Crippen LogP contribution >= 0.6 is 24.0 Å². The number of nitrogens with one attached hydrogen (secondary N) is 2. The Hall–Kier alpha value is -1.31. The highest BCUT2D eigenvalue weighted by Crippen LogP contribution is 2.36. The summed E-state index contributed by atoms with van der Waals surface area (Å²) in [4.78, 5) is 18.6. The Kier molecular flexibility index (Phi) is 6.10. The number of nitrogens with zero attached hydrogens (tertiary/aromatic N) is 2. The highest BCUT2D eigenvalue weighted by atomic mass is 127. The van der Waals surface area contributed by atoms with Gasteiger partial charge in [0.25, 0.3) is 0 Å². The van der Waals surface area contributed by atoms with Crippen molar-refractivity contribution in [1.82, 2.24) is 15.5 Å². The summed E-state index contributed by atoms with van der Waals surface area (Å²) >= 11 is 0. The van der Waals surface area contributed by atoms with Gasteiger partial charge in [-0.1, -0.05) is 24.3 Å². The fraction of sp³-hybridized carbons (Fsp3) is 0.600. The molecule has 2 saturated heterocycles. The Morgan fingerprint density at radius 3 is 2.69 bits per heavy atom. The van der Waals surface area contributed by atoms with E-state index in [4.69, 9.17) is 0 Å². The molecule has 2 fully saturated rings. The summed E-state index contributed by atoms with van der Waals surface area (Å²) in [6.07, 6.45) is 5.24. The molecule has 1 unspecified atom stereocenters. The van der Waals surface area contributed by atoms with Crippen molar-refractivity contribution in [2.75, 3.05) is 33.2 Å². The van der Waals surface area contributed by atoms with E-state index in [1.807, 2.05) is 7.05 Å². The standard InChI is InChI=1S/C20H28N4O.HI/c1-21-19(22-12-15-9-16-5-2-3-6-17(16)10-15)24-8-4-7-20(14-24)11-18(25)23-13-20;/h2-3,5-6,15H,4,7-14H2,1H3,(H,21,22)(H,23,25);1H. The number of halogens is 1. The first-order chi connectivity index (χ1) is 12.2. The Morgan fingerprint density at radius 1 is 1.35 bits per heavy atom. The molecule has 1 atom stereocenters. The number of rotatable bonds is 2. The number of carbonyl (C=O) groups is 1. The van der Waals surface area contributed by atoms with Crippen LogP contribution in [0.3, 0.4) is 0 Å². The van der Waals surface area contributed by atoms with Crippen LogP contribution in [0.4, 0.5) is 0 Å². The van der Waals surface area contributed by atoms with Crippen LogP contribution in [0.5, 0.6) is 0 Å². The molecule has 0 bridgehead atoms. The number of aliphatic imine (C=N–C) groups is 1. The third-order valence-corrected chi connectivity index (χ3v) is 6.05. The van der Waals surface area contributed by atoms with Crippen molar-refractivity contribution in [3.05, 3.63) is 35.4 Å². The van der Waals surface area contributed by atoms with Gasteiger partial charge in [0.1, 0.15) is 0 Å². The number of carbonyl (C=O) groups excluding carboxylic acids is 1. The van der Waals surface area contributed by atoms with E-state index in [9.17, 15) is 4.79 Å². The van der Waals surface area contributed by atoms with E-state index in [1.54, 1.807) is 0 Å². The number of amides is 1. The number of hydrogen-bond donors (Lipinski definition) is 2. The van der Waals surface area contributed by atoms with Gasteiger partial charge in [0.05, 0.1) is 0 Å². The average Bonchev–Trinajstić information content (AvgIpc) is 3.19. The van der Waals surface area contributed by atoms with Crippen molar-refractivity contribution >= 4 is 35.8 Å². The van der Waals surface area contributed by atoms with Crippen LogP contribution in [0.15, 0.2) is 29.3 Å². The molecular formula is C20H29IN4O. The van der Waals surface area contributed by atoms with Crippen molar-refractivity contribution in [3.8, 4) is 0 Å². The van der Waals surface area contributed by atoms with Crippen LogP contribution in [0.1, 0.15) is 30.4 Å². The molecule has 0 radical (unpaired) electrons. The molecule has 1 aromatic carbocycles. The summed E-state index contributed by atoms with van der Waals surface area (Å²) in [5.41, 5.74) is 3.10. The van der Waals surface area contributed by atoms with Crippen LogP contribution in [-0.2, 0) is 17.6 Å². The maximum absolute atomic E-state index is 11.7. The van der Waals surface area contributed by atoms with E-state index < -0.39 is 0 Å². The Balaban J connectivity index is 0.00000196. The minimum atomic E-state index is 0. The molecule has 0 saturated carbocycles. The molecule has 4 rings (SSSR count). The summed E-state index contributed by atoms with van der Waals surface area (Å²) in [6.45, 7) is 3.73. The molecule has 2 N–H and O–H groups in total. The minimum absolute atomic E-state index is 0. The van der Waals surface area contributed by atoms with E-state index in [0.717, 1.165) is 57.8 Å². The van der Waals surface area contributed by atoms with Crippen molar-refractivity contribution in [3.63, 3.8) is 0 Å². The Labute approximate surface area is 173 Å². The zero-order valence-corrected chi connectivity index (χ0v) is 17.8. The van der Waals surface area contributed by atoms with Gasteiger partial charge in [-0.15, -0.1) is 24.0 Å². The van der Waals surface area contributed by atoms with Crippen molar-refractivity contribution in [2.45, 2.75) is 32.1 Å². The Morgan fingerprint density at radius 2 is 2.08 bits per heavy atom. The molecule has 5 nitrogen and oxygen atoms in total. The first kappa shape index (κ1) is 19.5. The zero-order valence-electron chi connectivity index (χ0n) is 15.5. The highest BCUT2D eigenvalue weighted by Gasteiger charge is 2.42. The molecule has 3 aliphatic rings. The van der Waals surface area contributed by atoms with Crippen molar-refractivity contribution in [1.29, 1.82) is 0 Å². The average molecular weight is 468 g/mol. The first-order valence-corrected chi connectivity index (χ1v) is 9.47. The fourth-order valence-corrected chi connectivity index (χ4v) is 4.79. The predicted molar refractivity (Wildman–Crippen MR) is 115 cm³/mol. The number of fused-ring (bicyclic) bond motifs is 1. The number of benzene rings is 1. The molecular weight excluding hydrogens is 439 g/mol. The normalized spacial score (nSPS) is 25.8. The Bertz CT molecular complexity index is 667. The summed E-state index contributed by atoms with van der Waals surface area (Å²) in [5, 5.41) is 6.62. The predicted octanol–water partition coefficient (Wildman–Crippen LogP) is 2.20. The van der Waals surface area contributed by atoms with Crippen molar-refractivity contribution < 1.29 is 4.79 Å². The first-order valence-electron chi connectivity index (χ1n) is 9.47. The van der Waals surface area contributed by atoms with Crippen LogP contribution in [0, 0.1) is 11.3 Å². The number of likely N-dealkylation sites (tertiary alicyclic amines) is 1. The van der Waals surface area contributed by atoms with Gasteiger partial charge in [0.2, 0.25) is 5.91 Å². The smallest absolute Gasteiger partial charge is 0.220 e. The molecule has 1 aromatic rings. The molecule has 1 aliphatic carbocycles. The van der Waals surface area contributed by atoms with E-state index in [0.29, 0.717) is 12.3 Å². The summed E-state index contributed by atoms with van der Waals surface area (Å²) < 4.78 is 0. The zero-order chi connectivity index (χ0) is 17.3. The van der Waals surface area contributed by atoms with E-state index in [-0.39, 0.29) is 35.3 Å². The third-order valence-electron chi connectivity index (χ3n) is 6.05. The van der Waals surface area contributed by atoms with Gasteiger partial charge >= 0.3 is 0 Å². The SMILES string of the molecule is CN=C(NCC1Cc2ccccc2C1)N1CCCC2(CNC(=O)C2)C1.I. The van der Waals surface area contributed by atoms with Crippen molar-refractivity contribution in [2.24, 2.45) is 16.3 Å². The summed E-state index contributed by atoms with van der Waals surface area (Å²) in [7, 11) is 1.87. The molecule has 0 aromatic heterocycles. The molecule has 2 heterocycles. The molecule has 6 heteroatoms. The highest BCUT2D eigenvalue weighted by molar-refractivity contribution is 14.0. The maximum Gasteiger partial charge on any atom is 0.220 e. The molecule has 1 amide bonds.